The zero-order chi connectivity index (χ0) is 16.2. The van der Waals surface area contributed by atoms with Crippen LogP contribution in [0.5, 0.6) is 0 Å². The fraction of sp³-hybridized carbons (Fsp3) is 0. The molecule has 7 heteroatoms. The van der Waals surface area contributed by atoms with Crippen LogP contribution in [0.1, 0.15) is 5.56 Å². The summed E-state index contributed by atoms with van der Waals surface area (Å²) in [6, 6.07) is 12.9. The van der Waals surface area contributed by atoms with Crippen molar-refractivity contribution in [1.82, 2.24) is 0 Å². The van der Waals surface area contributed by atoms with Gasteiger partial charge in [0.2, 0.25) is 0 Å². The molecule has 2 rings (SSSR count). The van der Waals surface area contributed by atoms with E-state index in [9.17, 15) is 13.2 Å². The number of aliphatic carboxylic acids is 1. The molecule has 0 unspecified atom stereocenters. The Morgan fingerprint density at radius 3 is 2.18 bits per heavy atom. The number of carboxylic acid groups (broad SMARTS) is 1. The molecule has 0 saturated heterocycles. The number of hydrogen-bond donors (Lipinski definition) is 2. The van der Waals surface area contributed by atoms with Crippen LogP contribution >= 0.6 is 22.6 Å². The van der Waals surface area contributed by atoms with Gasteiger partial charge in [0.05, 0.1) is 4.90 Å². The van der Waals surface area contributed by atoms with Gasteiger partial charge in [0.15, 0.2) is 0 Å². The van der Waals surface area contributed by atoms with Crippen molar-refractivity contribution in [3.8, 4) is 0 Å². The molecule has 2 aromatic rings. The van der Waals surface area contributed by atoms with Gasteiger partial charge in [-0.15, -0.1) is 0 Å². The highest BCUT2D eigenvalue weighted by Crippen LogP contribution is 2.18. The van der Waals surface area contributed by atoms with E-state index >= 15 is 0 Å². The Hall–Kier alpha value is -1.87. The standard InChI is InChI=1S/C15H12INO4S/c16-12-4-6-13(7-5-12)17-22(20,21)14-8-1-11(2-9-14)3-10-15(18)19/h1-10,17H,(H,18,19). The second-order valence-electron chi connectivity index (χ2n) is 4.35. The van der Waals surface area contributed by atoms with E-state index in [0.29, 0.717) is 11.3 Å². The van der Waals surface area contributed by atoms with Crippen LogP contribution in [0.25, 0.3) is 6.08 Å². The lowest BCUT2D eigenvalue weighted by Gasteiger charge is -2.08. The average molecular weight is 429 g/mol. The molecular formula is C15H12INO4S. The smallest absolute Gasteiger partial charge is 0.328 e. The first kappa shape index (κ1) is 16.5. The maximum atomic E-state index is 12.2. The Morgan fingerprint density at radius 2 is 1.64 bits per heavy atom. The number of carbonyl (C=O) groups is 1. The zero-order valence-electron chi connectivity index (χ0n) is 11.2. The molecule has 0 aliphatic heterocycles. The molecule has 0 radical (unpaired) electrons. The number of anilines is 1. The summed E-state index contributed by atoms with van der Waals surface area (Å²) in [7, 11) is -3.67. The molecule has 0 saturated carbocycles. The van der Waals surface area contributed by atoms with Gasteiger partial charge in [-0.1, -0.05) is 12.1 Å². The van der Waals surface area contributed by atoms with Crippen LogP contribution in [0.3, 0.4) is 0 Å². The third-order valence-electron chi connectivity index (χ3n) is 2.71. The van der Waals surface area contributed by atoms with Crippen LogP contribution in [-0.4, -0.2) is 19.5 Å². The predicted octanol–water partition coefficient (Wildman–Crippen LogP) is 3.19. The molecule has 0 aliphatic rings. The molecule has 5 nitrogen and oxygen atoms in total. The van der Waals surface area contributed by atoms with Crippen molar-refractivity contribution in [2.45, 2.75) is 4.90 Å². The maximum Gasteiger partial charge on any atom is 0.328 e. The van der Waals surface area contributed by atoms with Crippen molar-refractivity contribution in [1.29, 1.82) is 0 Å². The largest absolute Gasteiger partial charge is 0.478 e. The number of benzene rings is 2. The minimum absolute atomic E-state index is 0.110. The molecular weight excluding hydrogens is 417 g/mol. The topological polar surface area (TPSA) is 83.5 Å². The van der Waals surface area contributed by atoms with Gasteiger partial charge < -0.3 is 5.11 Å². The minimum atomic E-state index is -3.67. The van der Waals surface area contributed by atoms with Gasteiger partial charge in [-0.3, -0.25) is 4.72 Å². The summed E-state index contributed by atoms with van der Waals surface area (Å²) < 4.78 is 28.0. The van der Waals surface area contributed by atoms with Gasteiger partial charge in [-0.2, -0.15) is 0 Å². The van der Waals surface area contributed by atoms with E-state index < -0.39 is 16.0 Å². The quantitative estimate of drug-likeness (QED) is 0.565. The van der Waals surface area contributed by atoms with Crippen molar-refractivity contribution < 1.29 is 18.3 Å². The van der Waals surface area contributed by atoms with Crippen LogP contribution in [0.2, 0.25) is 0 Å². The van der Waals surface area contributed by atoms with Gasteiger partial charge in [0, 0.05) is 15.3 Å². The first-order valence-electron chi connectivity index (χ1n) is 6.16. The van der Waals surface area contributed by atoms with Crippen LogP contribution in [0.15, 0.2) is 59.5 Å². The number of carboxylic acids is 1. The summed E-state index contributed by atoms with van der Waals surface area (Å²) in [4.78, 5) is 10.5. The van der Waals surface area contributed by atoms with Crippen molar-refractivity contribution in [3.05, 3.63) is 63.7 Å². The summed E-state index contributed by atoms with van der Waals surface area (Å²) in [5.41, 5.74) is 1.09. The Labute approximate surface area is 141 Å². The van der Waals surface area contributed by atoms with Crippen LogP contribution in [0, 0.1) is 3.57 Å². The molecule has 0 aliphatic carbocycles. The monoisotopic (exact) mass is 429 g/mol. The lowest BCUT2D eigenvalue weighted by Crippen LogP contribution is -2.12. The highest BCUT2D eigenvalue weighted by molar-refractivity contribution is 14.1. The molecule has 0 fully saturated rings. The van der Waals surface area contributed by atoms with Gasteiger partial charge >= 0.3 is 5.97 Å². The van der Waals surface area contributed by atoms with Crippen LogP contribution in [0.4, 0.5) is 5.69 Å². The Morgan fingerprint density at radius 1 is 1.05 bits per heavy atom. The van der Waals surface area contributed by atoms with Gasteiger partial charge in [0.1, 0.15) is 0 Å². The van der Waals surface area contributed by atoms with Crippen LogP contribution < -0.4 is 4.72 Å². The average Bonchev–Trinajstić information content (AvgIpc) is 2.48. The second-order valence-corrected chi connectivity index (χ2v) is 7.28. The van der Waals surface area contributed by atoms with Gasteiger partial charge in [0.25, 0.3) is 10.0 Å². The minimum Gasteiger partial charge on any atom is -0.478 e. The Bertz CT molecular complexity index is 796. The van der Waals surface area contributed by atoms with Crippen LogP contribution in [-0.2, 0) is 14.8 Å². The molecule has 0 atom stereocenters. The van der Waals surface area contributed by atoms with Gasteiger partial charge in [-0.05, 0) is 70.6 Å². The summed E-state index contributed by atoms with van der Waals surface area (Å²) in [5, 5.41) is 8.55. The van der Waals surface area contributed by atoms with Crippen molar-refractivity contribution in [3.63, 3.8) is 0 Å². The molecule has 0 heterocycles. The highest BCUT2D eigenvalue weighted by Gasteiger charge is 2.13. The van der Waals surface area contributed by atoms with E-state index in [2.05, 4.69) is 27.3 Å². The molecule has 0 aromatic heterocycles. The van der Waals surface area contributed by atoms with Gasteiger partial charge in [-0.25, -0.2) is 13.2 Å². The van der Waals surface area contributed by atoms with E-state index in [0.717, 1.165) is 9.65 Å². The maximum absolute atomic E-state index is 12.2. The molecule has 2 aromatic carbocycles. The number of nitrogens with one attached hydrogen (secondary N) is 1. The first-order valence-corrected chi connectivity index (χ1v) is 8.72. The third kappa shape index (κ3) is 4.57. The SMILES string of the molecule is O=C(O)C=Cc1ccc(S(=O)(=O)Nc2ccc(I)cc2)cc1. The summed E-state index contributed by atoms with van der Waals surface area (Å²) in [5.74, 6) is -1.06. The van der Waals surface area contributed by atoms with E-state index in [1.54, 1.807) is 36.4 Å². The second kappa shape index (κ2) is 6.93. The Balaban J connectivity index is 2.19. The molecule has 22 heavy (non-hydrogen) atoms. The number of hydrogen-bond acceptors (Lipinski definition) is 3. The third-order valence-corrected chi connectivity index (χ3v) is 4.82. The Kier molecular flexibility index (Phi) is 5.19. The number of rotatable bonds is 5. The summed E-state index contributed by atoms with van der Waals surface area (Å²) >= 11 is 2.14. The fourth-order valence-corrected chi connectivity index (χ4v) is 3.08. The lowest BCUT2D eigenvalue weighted by atomic mass is 10.2. The number of sulfonamides is 1. The zero-order valence-corrected chi connectivity index (χ0v) is 14.2. The first-order chi connectivity index (χ1) is 10.4. The molecule has 0 bridgehead atoms. The number of halogens is 1. The van der Waals surface area contributed by atoms with Crippen molar-refractivity contribution in [2.24, 2.45) is 0 Å². The molecule has 114 valence electrons. The predicted molar refractivity (Wildman–Crippen MR) is 93.1 cm³/mol. The van der Waals surface area contributed by atoms with Crippen molar-refractivity contribution in [2.75, 3.05) is 4.72 Å². The normalized spacial score (nSPS) is 11.5. The van der Waals surface area contributed by atoms with E-state index in [1.165, 1.54) is 18.2 Å². The molecule has 0 amide bonds. The fourth-order valence-electron chi connectivity index (χ4n) is 1.66. The van der Waals surface area contributed by atoms with E-state index in [4.69, 9.17) is 5.11 Å². The summed E-state index contributed by atoms with van der Waals surface area (Å²) in [6.07, 6.45) is 2.39. The van der Waals surface area contributed by atoms with Crippen molar-refractivity contribution >= 4 is 50.3 Å². The van der Waals surface area contributed by atoms with E-state index in [-0.39, 0.29) is 4.90 Å². The lowest BCUT2D eigenvalue weighted by molar-refractivity contribution is -0.131. The summed E-state index contributed by atoms with van der Waals surface area (Å²) in [6.45, 7) is 0. The molecule has 2 N–H and O–H groups in total. The van der Waals surface area contributed by atoms with E-state index in [1.807, 2.05) is 0 Å². The molecule has 0 spiro atoms. The highest BCUT2D eigenvalue weighted by atomic mass is 127.